The Morgan fingerprint density at radius 1 is 1.25 bits per heavy atom. The van der Waals surface area contributed by atoms with Crippen LogP contribution < -0.4 is 10.6 Å². The van der Waals surface area contributed by atoms with Crippen LogP contribution in [0.5, 0.6) is 0 Å². The first-order valence-electron chi connectivity index (χ1n) is 7.50. The molecule has 0 spiro atoms. The number of nitrogens with zero attached hydrogens (tertiary/aromatic N) is 2. The first-order valence-corrected chi connectivity index (χ1v) is 7.50. The molecule has 0 unspecified atom stereocenters. The summed E-state index contributed by atoms with van der Waals surface area (Å²) in [5.41, 5.74) is 0.434. The van der Waals surface area contributed by atoms with E-state index in [1.807, 2.05) is 6.07 Å². The van der Waals surface area contributed by atoms with Gasteiger partial charge in [0.15, 0.2) is 5.82 Å². The van der Waals surface area contributed by atoms with Crippen molar-refractivity contribution >= 4 is 11.6 Å². The molecular formula is C15H26N4O. The summed E-state index contributed by atoms with van der Waals surface area (Å²) in [5.74, 6) is 2.48. The molecule has 0 saturated heterocycles. The quantitative estimate of drug-likeness (QED) is 0.765. The zero-order chi connectivity index (χ0) is 14.4. The Labute approximate surface area is 121 Å². The summed E-state index contributed by atoms with van der Waals surface area (Å²) in [6, 6.07) is 1.98. The molecule has 0 amide bonds. The average molecular weight is 278 g/mol. The maximum absolute atomic E-state index is 5.14. The monoisotopic (exact) mass is 278 g/mol. The maximum atomic E-state index is 5.14. The van der Waals surface area contributed by atoms with Gasteiger partial charge in [-0.15, -0.1) is 0 Å². The molecule has 0 aromatic carbocycles. The first kappa shape index (κ1) is 15.0. The Kier molecular flexibility index (Phi) is 5.17. The second kappa shape index (κ2) is 6.88. The van der Waals surface area contributed by atoms with Crippen LogP contribution in [0.15, 0.2) is 6.07 Å². The normalized spacial score (nSPS) is 16.6. The van der Waals surface area contributed by atoms with Crippen LogP contribution in [0, 0.1) is 5.41 Å². The van der Waals surface area contributed by atoms with Gasteiger partial charge in [-0.05, 0) is 24.7 Å². The molecule has 1 saturated carbocycles. The van der Waals surface area contributed by atoms with Crippen molar-refractivity contribution in [2.24, 2.45) is 5.41 Å². The van der Waals surface area contributed by atoms with Crippen molar-refractivity contribution in [2.75, 3.05) is 30.8 Å². The fraction of sp³-hybridized carbons (Fsp3) is 0.733. The highest BCUT2D eigenvalue weighted by atomic mass is 16.5. The molecule has 0 bridgehead atoms. The smallest absolute Gasteiger partial charge is 0.158 e. The van der Waals surface area contributed by atoms with Crippen molar-refractivity contribution in [1.82, 2.24) is 9.97 Å². The molecule has 1 aromatic rings. The van der Waals surface area contributed by atoms with E-state index in [9.17, 15) is 0 Å². The lowest BCUT2D eigenvalue weighted by Gasteiger charge is -2.38. The molecule has 0 aliphatic heterocycles. The van der Waals surface area contributed by atoms with Gasteiger partial charge in [0, 0.05) is 26.3 Å². The Morgan fingerprint density at radius 3 is 2.50 bits per heavy atom. The number of ether oxygens (including phenoxy) is 1. The van der Waals surface area contributed by atoms with Crippen LogP contribution in [0.2, 0.25) is 0 Å². The maximum Gasteiger partial charge on any atom is 0.158 e. The van der Waals surface area contributed by atoms with Gasteiger partial charge in [0.1, 0.15) is 18.2 Å². The van der Waals surface area contributed by atoms with Gasteiger partial charge in [0.05, 0.1) is 0 Å². The minimum atomic E-state index is 0.434. The molecule has 1 heterocycles. The van der Waals surface area contributed by atoms with Crippen molar-refractivity contribution in [2.45, 2.75) is 46.1 Å². The summed E-state index contributed by atoms with van der Waals surface area (Å²) < 4.78 is 5.14. The first-order chi connectivity index (χ1) is 9.65. The molecule has 2 rings (SSSR count). The van der Waals surface area contributed by atoms with E-state index in [1.165, 1.54) is 19.3 Å². The van der Waals surface area contributed by atoms with E-state index >= 15 is 0 Å². The molecular weight excluding hydrogens is 252 g/mol. The molecule has 20 heavy (non-hydrogen) atoms. The number of anilines is 2. The van der Waals surface area contributed by atoms with E-state index in [0.717, 1.165) is 37.0 Å². The summed E-state index contributed by atoms with van der Waals surface area (Å²) in [6.07, 6.45) is 5.03. The number of nitrogens with one attached hydrogen (secondary N) is 2. The summed E-state index contributed by atoms with van der Waals surface area (Å²) >= 11 is 0. The summed E-state index contributed by atoms with van der Waals surface area (Å²) in [7, 11) is 1.66. The number of hydrogen-bond donors (Lipinski definition) is 2. The molecule has 0 radical (unpaired) electrons. The largest absolute Gasteiger partial charge is 0.377 e. The minimum absolute atomic E-state index is 0.434. The molecule has 2 N–H and O–H groups in total. The van der Waals surface area contributed by atoms with Crippen LogP contribution in [0.1, 0.15) is 45.4 Å². The lowest BCUT2D eigenvalue weighted by molar-refractivity contribution is 0.177. The topological polar surface area (TPSA) is 59.1 Å². The molecule has 112 valence electrons. The number of aromatic nitrogens is 2. The number of methoxy groups -OCH3 is 1. The van der Waals surface area contributed by atoms with Gasteiger partial charge in [-0.2, -0.15) is 0 Å². The van der Waals surface area contributed by atoms with E-state index in [-0.39, 0.29) is 0 Å². The summed E-state index contributed by atoms with van der Waals surface area (Å²) in [6.45, 7) is 6.80. The van der Waals surface area contributed by atoms with Gasteiger partial charge in [0.2, 0.25) is 0 Å². The van der Waals surface area contributed by atoms with Gasteiger partial charge in [-0.25, -0.2) is 9.97 Å². The lowest BCUT2D eigenvalue weighted by Crippen LogP contribution is -2.33. The highest BCUT2D eigenvalue weighted by molar-refractivity contribution is 5.47. The van der Waals surface area contributed by atoms with Gasteiger partial charge < -0.3 is 15.4 Å². The fourth-order valence-corrected chi connectivity index (χ4v) is 2.39. The molecule has 1 aliphatic rings. The molecule has 5 nitrogen and oxygen atoms in total. The Balaban J connectivity index is 2.02. The highest BCUT2D eigenvalue weighted by Crippen LogP contribution is 2.40. The van der Waals surface area contributed by atoms with Crippen LogP contribution in [-0.4, -0.2) is 30.2 Å². The van der Waals surface area contributed by atoms with Crippen LogP contribution >= 0.6 is 0 Å². The summed E-state index contributed by atoms with van der Waals surface area (Å²) in [5, 5.41) is 6.77. The Morgan fingerprint density at radius 2 is 1.95 bits per heavy atom. The standard InChI is InChI=1S/C15H26N4O/c1-4-8-16-12-9-13(19-14(18-12)10-20-3)17-11-15(2)6-5-7-15/h9H,4-8,10-11H2,1-3H3,(H2,16,17,18,19). The van der Waals surface area contributed by atoms with E-state index in [0.29, 0.717) is 12.0 Å². The predicted molar refractivity (Wildman–Crippen MR) is 82.0 cm³/mol. The zero-order valence-electron chi connectivity index (χ0n) is 12.8. The molecule has 0 atom stereocenters. The predicted octanol–water partition coefficient (Wildman–Crippen LogP) is 3.05. The van der Waals surface area contributed by atoms with Crippen molar-refractivity contribution in [3.63, 3.8) is 0 Å². The lowest BCUT2D eigenvalue weighted by atomic mass is 9.70. The average Bonchev–Trinajstić information content (AvgIpc) is 2.41. The van der Waals surface area contributed by atoms with Crippen LogP contribution in [0.25, 0.3) is 0 Å². The van der Waals surface area contributed by atoms with E-state index in [2.05, 4.69) is 34.4 Å². The van der Waals surface area contributed by atoms with E-state index in [4.69, 9.17) is 4.74 Å². The fourth-order valence-electron chi connectivity index (χ4n) is 2.39. The van der Waals surface area contributed by atoms with Crippen LogP contribution in [0.4, 0.5) is 11.6 Å². The second-order valence-electron chi connectivity index (χ2n) is 5.93. The van der Waals surface area contributed by atoms with Crippen LogP contribution in [-0.2, 0) is 11.3 Å². The van der Waals surface area contributed by atoms with Crippen molar-refractivity contribution in [1.29, 1.82) is 0 Å². The summed E-state index contributed by atoms with van der Waals surface area (Å²) in [4.78, 5) is 8.96. The third kappa shape index (κ3) is 4.07. The van der Waals surface area contributed by atoms with Gasteiger partial charge in [0.25, 0.3) is 0 Å². The zero-order valence-corrected chi connectivity index (χ0v) is 12.8. The third-order valence-corrected chi connectivity index (χ3v) is 3.86. The number of rotatable bonds is 8. The Hall–Kier alpha value is -1.36. The van der Waals surface area contributed by atoms with Crippen LogP contribution in [0.3, 0.4) is 0 Å². The third-order valence-electron chi connectivity index (χ3n) is 3.86. The number of hydrogen-bond acceptors (Lipinski definition) is 5. The molecule has 1 fully saturated rings. The van der Waals surface area contributed by atoms with Crippen molar-refractivity contribution < 1.29 is 4.74 Å². The second-order valence-corrected chi connectivity index (χ2v) is 5.93. The van der Waals surface area contributed by atoms with Gasteiger partial charge in [-0.1, -0.05) is 20.3 Å². The van der Waals surface area contributed by atoms with E-state index in [1.54, 1.807) is 7.11 Å². The minimum Gasteiger partial charge on any atom is -0.377 e. The van der Waals surface area contributed by atoms with Gasteiger partial charge >= 0.3 is 0 Å². The SMILES string of the molecule is CCCNc1cc(NCC2(C)CCC2)nc(COC)n1. The van der Waals surface area contributed by atoms with Crippen molar-refractivity contribution in [3.05, 3.63) is 11.9 Å². The van der Waals surface area contributed by atoms with Gasteiger partial charge in [-0.3, -0.25) is 0 Å². The van der Waals surface area contributed by atoms with E-state index < -0.39 is 0 Å². The highest BCUT2D eigenvalue weighted by Gasteiger charge is 2.31. The molecule has 5 heteroatoms. The molecule has 1 aromatic heterocycles. The molecule has 1 aliphatic carbocycles. The van der Waals surface area contributed by atoms with Crippen molar-refractivity contribution in [3.8, 4) is 0 Å². The Bertz CT molecular complexity index is 432.